The van der Waals surface area contributed by atoms with Gasteiger partial charge in [-0.05, 0) is 36.9 Å². The molecular formula is C25H23F4N5O4. The predicted octanol–water partition coefficient (Wildman–Crippen LogP) is 3.33. The number of piperazine rings is 1. The Balaban J connectivity index is 0.000000505. The third kappa shape index (κ3) is 6.51. The van der Waals surface area contributed by atoms with Crippen molar-refractivity contribution in [3.8, 4) is 6.07 Å². The highest BCUT2D eigenvalue weighted by atomic mass is 19.4. The molecule has 200 valence electrons. The van der Waals surface area contributed by atoms with Crippen molar-refractivity contribution >= 4 is 28.3 Å². The van der Waals surface area contributed by atoms with E-state index < -0.39 is 35.2 Å². The number of carboxylic acids is 1. The summed E-state index contributed by atoms with van der Waals surface area (Å²) in [5.74, 6) is -5.26. The molecule has 38 heavy (non-hydrogen) atoms. The number of carbonyl (C=O) groups excluding carboxylic acids is 1. The first-order valence-corrected chi connectivity index (χ1v) is 11.5. The van der Waals surface area contributed by atoms with Gasteiger partial charge in [-0.2, -0.15) is 18.4 Å². The maximum Gasteiger partial charge on any atom is 0.490 e. The zero-order chi connectivity index (χ0) is 28.0. The minimum absolute atomic E-state index is 0.0450. The SMILES string of the molecule is CCN1CCN(c2ccc(C(=O)C(C#N)c3nc4ccccc4c(=O)[nH]3)cc2F)CC1.O=C(O)C(F)(F)F. The minimum Gasteiger partial charge on any atom is -0.475 e. The number of benzene rings is 2. The van der Waals surface area contributed by atoms with Gasteiger partial charge in [0.05, 0.1) is 22.7 Å². The number of aromatic amines is 1. The van der Waals surface area contributed by atoms with E-state index in [0.29, 0.717) is 29.7 Å². The number of hydrogen-bond donors (Lipinski definition) is 2. The molecule has 0 radical (unpaired) electrons. The zero-order valence-electron chi connectivity index (χ0n) is 20.1. The number of aromatic nitrogens is 2. The number of nitrogens with one attached hydrogen (secondary N) is 1. The molecule has 0 spiro atoms. The number of Topliss-reactive ketones (excluding diaryl/α,β-unsaturated/α-hetero) is 1. The summed E-state index contributed by atoms with van der Waals surface area (Å²) >= 11 is 0. The minimum atomic E-state index is -5.08. The topological polar surface area (TPSA) is 130 Å². The Morgan fingerprint density at radius 1 is 1.16 bits per heavy atom. The molecule has 0 bridgehead atoms. The number of nitriles is 1. The Hall–Kier alpha value is -4.31. The number of nitrogens with zero attached hydrogens (tertiary/aromatic N) is 4. The van der Waals surface area contributed by atoms with Crippen LogP contribution in [0, 0.1) is 17.1 Å². The van der Waals surface area contributed by atoms with Crippen LogP contribution >= 0.6 is 0 Å². The predicted molar refractivity (Wildman–Crippen MR) is 129 cm³/mol. The fraction of sp³-hybridized carbons (Fsp3) is 0.320. The van der Waals surface area contributed by atoms with Crippen LogP contribution < -0.4 is 10.5 Å². The number of halogens is 4. The van der Waals surface area contributed by atoms with Gasteiger partial charge in [0.15, 0.2) is 11.7 Å². The van der Waals surface area contributed by atoms with Crippen LogP contribution in [-0.4, -0.2) is 70.6 Å². The number of carbonyl (C=O) groups is 2. The van der Waals surface area contributed by atoms with Crippen LogP contribution in [0.5, 0.6) is 0 Å². The molecular weight excluding hydrogens is 510 g/mol. The molecule has 13 heteroatoms. The molecule has 2 heterocycles. The summed E-state index contributed by atoms with van der Waals surface area (Å²) in [4.78, 5) is 45.2. The Bertz CT molecular complexity index is 1430. The van der Waals surface area contributed by atoms with E-state index >= 15 is 0 Å². The second kappa shape index (κ2) is 11.8. The van der Waals surface area contributed by atoms with Crippen molar-refractivity contribution in [1.82, 2.24) is 14.9 Å². The van der Waals surface area contributed by atoms with Crippen molar-refractivity contribution < 1.29 is 32.3 Å². The largest absolute Gasteiger partial charge is 0.490 e. The van der Waals surface area contributed by atoms with Crippen molar-refractivity contribution in [2.45, 2.75) is 19.0 Å². The van der Waals surface area contributed by atoms with Gasteiger partial charge in [-0.25, -0.2) is 14.2 Å². The third-order valence-electron chi connectivity index (χ3n) is 5.93. The highest BCUT2D eigenvalue weighted by Crippen LogP contribution is 2.25. The fourth-order valence-corrected chi connectivity index (χ4v) is 3.87. The summed E-state index contributed by atoms with van der Waals surface area (Å²) in [6.07, 6.45) is -5.08. The van der Waals surface area contributed by atoms with Crippen LogP contribution in [0.2, 0.25) is 0 Å². The van der Waals surface area contributed by atoms with Crippen molar-refractivity contribution in [3.63, 3.8) is 0 Å². The van der Waals surface area contributed by atoms with Gasteiger partial charge in [-0.1, -0.05) is 19.1 Å². The van der Waals surface area contributed by atoms with Crippen LogP contribution in [0.25, 0.3) is 10.9 Å². The molecule has 1 fully saturated rings. The lowest BCUT2D eigenvalue weighted by Gasteiger charge is -2.35. The molecule has 4 rings (SSSR count). The Morgan fingerprint density at radius 3 is 2.34 bits per heavy atom. The van der Waals surface area contributed by atoms with Crippen molar-refractivity contribution in [3.05, 3.63) is 70.0 Å². The van der Waals surface area contributed by atoms with Gasteiger partial charge in [-0.15, -0.1) is 0 Å². The summed E-state index contributed by atoms with van der Waals surface area (Å²) in [6, 6.07) is 12.8. The highest BCUT2D eigenvalue weighted by molar-refractivity contribution is 6.02. The van der Waals surface area contributed by atoms with Gasteiger partial charge >= 0.3 is 12.1 Å². The number of hydrogen-bond acceptors (Lipinski definition) is 7. The van der Waals surface area contributed by atoms with Gasteiger partial charge in [0.2, 0.25) is 0 Å². The van der Waals surface area contributed by atoms with Gasteiger partial charge in [0.25, 0.3) is 5.56 Å². The Morgan fingerprint density at radius 2 is 1.79 bits per heavy atom. The normalized spacial score (nSPS) is 14.8. The number of H-pyrrole nitrogens is 1. The molecule has 1 aliphatic rings. The lowest BCUT2D eigenvalue weighted by atomic mass is 9.97. The first-order chi connectivity index (χ1) is 18.0. The molecule has 3 aromatic rings. The number of carboxylic acid groups (broad SMARTS) is 1. The molecule has 2 aromatic carbocycles. The molecule has 1 aromatic heterocycles. The van der Waals surface area contributed by atoms with Crippen LogP contribution in [0.3, 0.4) is 0 Å². The molecule has 1 atom stereocenters. The van der Waals surface area contributed by atoms with Crippen molar-refractivity contribution in [2.24, 2.45) is 0 Å². The molecule has 2 N–H and O–H groups in total. The average Bonchev–Trinajstić information content (AvgIpc) is 2.89. The van der Waals surface area contributed by atoms with Crippen LogP contribution in [0.4, 0.5) is 23.2 Å². The quantitative estimate of drug-likeness (QED) is 0.377. The first-order valence-electron chi connectivity index (χ1n) is 11.5. The number of anilines is 1. The maximum atomic E-state index is 14.9. The van der Waals surface area contributed by atoms with Crippen molar-refractivity contribution in [1.29, 1.82) is 5.26 Å². The van der Waals surface area contributed by atoms with Gasteiger partial charge < -0.3 is 19.9 Å². The summed E-state index contributed by atoms with van der Waals surface area (Å²) in [7, 11) is 0. The lowest BCUT2D eigenvalue weighted by Crippen LogP contribution is -2.46. The Labute approximate surface area is 213 Å². The molecule has 0 amide bonds. The number of aliphatic carboxylic acids is 1. The van der Waals surface area contributed by atoms with E-state index in [2.05, 4.69) is 21.8 Å². The van der Waals surface area contributed by atoms with E-state index in [1.807, 2.05) is 11.0 Å². The number of ketones is 1. The van der Waals surface area contributed by atoms with Gasteiger partial charge in [-0.3, -0.25) is 9.59 Å². The zero-order valence-corrected chi connectivity index (χ0v) is 20.1. The number of fused-ring (bicyclic) bond motifs is 1. The summed E-state index contributed by atoms with van der Waals surface area (Å²) in [6.45, 7) is 6.19. The van der Waals surface area contributed by atoms with E-state index in [9.17, 15) is 32.4 Å². The van der Waals surface area contributed by atoms with Crippen LogP contribution in [0.1, 0.15) is 29.0 Å². The second-order valence-electron chi connectivity index (χ2n) is 8.29. The van der Waals surface area contributed by atoms with E-state index in [0.717, 1.165) is 25.7 Å². The number of alkyl halides is 3. The monoisotopic (exact) mass is 533 g/mol. The average molecular weight is 533 g/mol. The van der Waals surface area contributed by atoms with Crippen LogP contribution in [-0.2, 0) is 4.79 Å². The summed E-state index contributed by atoms with van der Waals surface area (Å²) < 4.78 is 46.6. The standard InChI is InChI=1S/C23H22FN5O2.C2HF3O2/c1-2-28-9-11-29(12-10-28)20-8-7-15(13-18(20)24)21(30)17(14-25)22-26-19-6-4-3-5-16(19)23(31)27-22;3-2(4,5)1(6)7/h3-8,13,17H,2,9-12H2,1H3,(H,26,27,31);(H,6,7). The maximum absolute atomic E-state index is 14.9. The van der Waals surface area contributed by atoms with Crippen LogP contribution in [0.15, 0.2) is 47.3 Å². The van der Waals surface area contributed by atoms with E-state index in [4.69, 9.17) is 9.90 Å². The lowest BCUT2D eigenvalue weighted by molar-refractivity contribution is -0.192. The second-order valence-corrected chi connectivity index (χ2v) is 8.29. The molecule has 1 aliphatic heterocycles. The molecule has 9 nitrogen and oxygen atoms in total. The number of rotatable bonds is 5. The number of likely N-dealkylation sites (N-methyl/N-ethyl adjacent to an activating group) is 1. The van der Waals surface area contributed by atoms with E-state index in [1.165, 1.54) is 6.07 Å². The molecule has 1 unspecified atom stereocenters. The first kappa shape index (κ1) is 28.3. The van der Waals surface area contributed by atoms with Gasteiger partial charge in [0.1, 0.15) is 11.6 Å². The summed E-state index contributed by atoms with van der Waals surface area (Å²) in [5, 5.41) is 17.1. The Kier molecular flexibility index (Phi) is 8.80. The molecule has 0 saturated carbocycles. The molecule has 1 saturated heterocycles. The number of para-hydroxylation sites is 1. The van der Waals surface area contributed by atoms with Gasteiger partial charge in [0, 0.05) is 31.7 Å². The molecule has 0 aliphatic carbocycles. The van der Waals surface area contributed by atoms with Crippen molar-refractivity contribution in [2.75, 3.05) is 37.6 Å². The summed E-state index contributed by atoms with van der Waals surface area (Å²) in [5.41, 5.74) is 0.470. The van der Waals surface area contributed by atoms with E-state index in [1.54, 1.807) is 30.3 Å². The third-order valence-corrected chi connectivity index (χ3v) is 5.93. The fourth-order valence-electron chi connectivity index (χ4n) is 3.87. The highest BCUT2D eigenvalue weighted by Gasteiger charge is 2.38. The smallest absolute Gasteiger partial charge is 0.475 e. The van der Waals surface area contributed by atoms with E-state index in [-0.39, 0.29) is 11.4 Å².